The minimum atomic E-state index is 0.820. The zero-order valence-corrected chi connectivity index (χ0v) is 11.6. The summed E-state index contributed by atoms with van der Waals surface area (Å²) in [6.45, 7) is 8.45. The predicted molar refractivity (Wildman–Crippen MR) is 74.8 cm³/mol. The third kappa shape index (κ3) is 4.50. The van der Waals surface area contributed by atoms with Crippen LogP contribution < -0.4 is 5.73 Å². The molecule has 4 heteroatoms. The quantitative estimate of drug-likeness (QED) is 0.734. The fourth-order valence-corrected chi connectivity index (χ4v) is 3.14. The minimum Gasteiger partial charge on any atom is -0.379 e. The Morgan fingerprint density at radius 1 is 1.11 bits per heavy atom. The molecule has 0 amide bonds. The molecule has 2 N–H and O–H groups in total. The van der Waals surface area contributed by atoms with Gasteiger partial charge >= 0.3 is 0 Å². The summed E-state index contributed by atoms with van der Waals surface area (Å²) in [5.74, 6) is 0. The van der Waals surface area contributed by atoms with Gasteiger partial charge in [0.05, 0.1) is 13.2 Å². The molecule has 1 saturated heterocycles. The van der Waals surface area contributed by atoms with Crippen LogP contribution in [-0.2, 0) is 4.74 Å². The van der Waals surface area contributed by atoms with Crippen LogP contribution in [-0.4, -0.2) is 68.3 Å². The maximum atomic E-state index is 5.66. The second-order valence-electron chi connectivity index (χ2n) is 5.57. The summed E-state index contributed by atoms with van der Waals surface area (Å²) >= 11 is 0. The first-order chi connectivity index (χ1) is 8.90. The predicted octanol–water partition coefficient (Wildman–Crippen LogP) is 0.912. The lowest BCUT2D eigenvalue weighted by Crippen LogP contribution is -2.44. The van der Waals surface area contributed by atoms with E-state index in [1.807, 2.05) is 0 Å². The van der Waals surface area contributed by atoms with Gasteiger partial charge in [0.15, 0.2) is 0 Å². The number of hydrogen-bond donors (Lipinski definition) is 1. The number of nitrogens with two attached hydrogens (primary N) is 1. The first kappa shape index (κ1) is 14.3. The van der Waals surface area contributed by atoms with E-state index in [0.29, 0.717) is 0 Å². The molecule has 4 nitrogen and oxygen atoms in total. The highest BCUT2D eigenvalue weighted by molar-refractivity contribution is 4.78. The van der Waals surface area contributed by atoms with Gasteiger partial charge in [0.2, 0.25) is 0 Å². The standard InChI is InChI=1S/C14H29N3O/c15-6-3-7-17(14-4-1-2-5-14)9-8-16-10-12-18-13-11-16/h14H,1-13,15H2. The first-order valence-electron chi connectivity index (χ1n) is 7.64. The van der Waals surface area contributed by atoms with Crippen LogP contribution in [0.1, 0.15) is 32.1 Å². The molecule has 0 radical (unpaired) electrons. The molecular formula is C14H29N3O. The Morgan fingerprint density at radius 2 is 1.83 bits per heavy atom. The Bertz CT molecular complexity index is 213. The van der Waals surface area contributed by atoms with Crippen molar-refractivity contribution in [2.24, 2.45) is 5.73 Å². The molecule has 1 aliphatic carbocycles. The Balaban J connectivity index is 1.72. The molecule has 2 fully saturated rings. The van der Waals surface area contributed by atoms with E-state index in [4.69, 9.17) is 10.5 Å². The summed E-state index contributed by atoms with van der Waals surface area (Å²) in [5, 5.41) is 0. The molecule has 0 aromatic rings. The molecule has 2 aliphatic rings. The highest BCUT2D eigenvalue weighted by Crippen LogP contribution is 2.23. The molecule has 1 heterocycles. The Labute approximate surface area is 111 Å². The van der Waals surface area contributed by atoms with Gasteiger partial charge in [-0.3, -0.25) is 9.80 Å². The van der Waals surface area contributed by atoms with Crippen LogP contribution in [0.4, 0.5) is 0 Å². The molecule has 0 aromatic heterocycles. The van der Waals surface area contributed by atoms with Crippen LogP contribution >= 0.6 is 0 Å². The normalized spacial score (nSPS) is 23.0. The van der Waals surface area contributed by atoms with Crippen molar-refractivity contribution in [1.29, 1.82) is 0 Å². The Morgan fingerprint density at radius 3 is 2.50 bits per heavy atom. The molecule has 0 spiro atoms. The van der Waals surface area contributed by atoms with Gasteiger partial charge in [0.1, 0.15) is 0 Å². The van der Waals surface area contributed by atoms with E-state index in [-0.39, 0.29) is 0 Å². The summed E-state index contributed by atoms with van der Waals surface area (Å²) in [6, 6.07) is 0.831. The smallest absolute Gasteiger partial charge is 0.0594 e. The Hall–Kier alpha value is -0.160. The topological polar surface area (TPSA) is 41.7 Å². The average molecular weight is 255 g/mol. The molecule has 18 heavy (non-hydrogen) atoms. The molecule has 0 aromatic carbocycles. The molecule has 1 aliphatic heterocycles. The average Bonchev–Trinajstić information content (AvgIpc) is 2.94. The van der Waals surface area contributed by atoms with E-state index in [2.05, 4.69) is 9.80 Å². The molecule has 0 atom stereocenters. The third-order valence-corrected chi connectivity index (χ3v) is 4.30. The zero-order chi connectivity index (χ0) is 12.6. The van der Waals surface area contributed by atoms with Crippen molar-refractivity contribution in [3.05, 3.63) is 0 Å². The SMILES string of the molecule is NCCCN(CCN1CCOCC1)C1CCCC1. The van der Waals surface area contributed by atoms with Crippen molar-refractivity contribution in [2.45, 2.75) is 38.1 Å². The van der Waals surface area contributed by atoms with Crippen LogP contribution in [0.2, 0.25) is 0 Å². The van der Waals surface area contributed by atoms with E-state index in [1.54, 1.807) is 0 Å². The monoisotopic (exact) mass is 255 g/mol. The lowest BCUT2D eigenvalue weighted by Gasteiger charge is -2.33. The number of morpholine rings is 1. The summed E-state index contributed by atoms with van der Waals surface area (Å²) in [5.41, 5.74) is 5.66. The fraction of sp³-hybridized carbons (Fsp3) is 1.00. The van der Waals surface area contributed by atoms with E-state index >= 15 is 0 Å². The van der Waals surface area contributed by atoms with Crippen molar-refractivity contribution >= 4 is 0 Å². The zero-order valence-electron chi connectivity index (χ0n) is 11.6. The number of nitrogens with zero attached hydrogens (tertiary/aromatic N) is 2. The van der Waals surface area contributed by atoms with E-state index in [9.17, 15) is 0 Å². The second-order valence-corrected chi connectivity index (χ2v) is 5.57. The molecule has 2 rings (SSSR count). The lowest BCUT2D eigenvalue weighted by atomic mass is 10.2. The number of hydrogen-bond acceptors (Lipinski definition) is 4. The summed E-state index contributed by atoms with van der Waals surface area (Å²) in [6.07, 6.45) is 6.77. The third-order valence-electron chi connectivity index (χ3n) is 4.30. The fourth-order valence-electron chi connectivity index (χ4n) is 3.14. The van der Waals surface area contributed by atoms with E-state index in [0.717, 1.165) is 45.3 Å². The lowest BCUT2D eigenvalue weighted by molar-refractivity contribution is 0.0308. The summed E-state index contributed by atoms with van der Waals surface area (Å²) in [7, 11) is 0. The first-order valence-corrected chi connectivity index (χ1v) is 7.64. The summed E-state index contributed by atoms with van der Waals surface area (Å²) in [4.78, 5) is 5.23. The number of ether oxygens (including phenoxy) is 1. The molecule has 106 valence electrons. The number of rotatable bonds is 7. The minimum absolute atomic E-state index is 0.820. The van der Waals surface area contributed by atoms with Gasteiger partial charge in [0.25, 0.3) is 0 Å². The van der Waals surface area contributed by atoms with Gasteiger partial charge in [-0.25, -0.2) is 0 Å². The highest BCUT2D eigenvalue weighted by Gasteiger charge is 2.22. The van der Waals surface area contributed by atoms with E-state index < -0.39 is 0 Å². The van der Waals surface area contributed by atoms with Gasteiger partial charge in [-0.1, -0.05) is 12.8 Å². The van der Waals surface area contributed by atoms with Crippen LogP contribution in [0, 0.1) is 0 Å². The van der Waals surface area contributed by atoms with Crippen LogP contribution in [0.25, 0.3) is 0 Å². The second kappa shape index (κ2) is 8.10. The van der Waals surface area contributed by atoms with Gasteiger partial charge < -0.3 is 10.5 Å². The maximum Gasteiger partial charge on any atom is 0.0594 e. The van der Waals surface area contributed by atoms with Crippen LogP contribution in [0.15, 0.2) is 0 Å². The van der Waals surface area contributed by atoms with Gasteiger partial charge in [0, 0.05) is 32.2 Å². The van der Waals surface area contributed by atoms with Crippen molar-refractivity contribution in [3.63, 3.8) is 0 Å². The van der Waals surface area contributed by atoms with Gasteiger partial charge in [-0.2, -0.15) is 0 Å². The highest BCUT2D eigenvalue weighted by atomic mass is 16.5. The van der Waals surface area contributed by atoms with Gasteiger partial charge in [-0.15, -0.1) is 0 Å². The maximum absolute atomic E-state index is 5.66. The van der Waals surface area contributed by atoms with Crippen molar-refractivity contribution in [3.8, 4) is 0 Å². The van der Waals surface area contributed by atoms with Crippen LogP contribution in [0.5, 0.6) is 0 Å². The molecular weight excluding hydrogens is 226 g/mol. The van der Waals surface area contributed by atoms with E-state index in [1.165, 1.54) is 45.3 Å². The molecule has 0 unspecified atom stereocenters. The molecule has 1 saturated carbocycles. The Kier molecular flexibility index (Phi) is 6.41. The van der Waals surface area contributed by atoms with Crippen LogP contribution in [0.3, 0.4) is 0 Å². The molecule has 0 bridgehead atoms. The van der Waals surface area contributed by atoms with Crippen molar-refractivity contribution in [2.75, 3.05) is 52.5 Å². The summed E-state index contributed by atoms with van der Waals surface area (Å²) < 4.78 is 5.40. The largest absolute Gasteiger partial charge is 0.379 e. The van der Waals surface area contributed by atoms with Gasteiger partial charge in [-0.05, 0) is 32.4 Å². The van der Waals surface area contributed by atoms with Crippen molar-refractivity contribution in [1.82, 2.24) is 9.80 Å². The van der Waals surface area contributed by atoms with Crippen molar-refractivity contribution < 1.29 is 4.74 Å².